The Hall–Kier alpha value is -2.90. The fourth-order valence-corrected chi connectivity index (χ4v) is 5.16. The van der Waals surface area contributed by atoms with Gasteiger partial charge in [0, 0.05) is 19.6 Å². The van der Waals surface area contributed by atoms with Crippen molar-refractivity contribution in [2.24, 2.45) is 0 Å². The number of hydrogen-bond acceptors (Lipinski definition) is 7. The Morgan fingerprint density at radius 3 is 2.44 bits per heavy atom. The summed E-state index contributed by atoms with van der Waals surface area (Å²) in [6, 6.07) is 12.3. The molecule has 1 aliphatic heterocycles. The van der Waals surface area contributed by atoms with Crippen LogP contribution in [-0.4, -0.2) is 75.2 Å². The number of rotatable bonds is 11. The Balaban J connectivity index is 1.68. The highest BCUT2D eigenvalue weighted by Crippen LogP contribution is 2.25. The number of hydroxylamine groups is 2. The molecular weight excluding hydrogens is 456 g/mol. The van der Waals surface area contributed by atoms with Crippen LogP contribution in [-0.2, 0) is 25.8 Å². The molecule has 9 heteroatoms. The van der Waals surface area contributed by atoms with Crippen LogP contribution in [0.5, 0.6) is 5.75 Å². The molecule has 3 rings (SSSR count). The van der Waals surface area contributed by atoms with Crippen molar-refractivity contribution in [1.82, 2.24) is 9.96 Å². The molecule has 182 valence electrons. The van der Waals surface area contributed by atoms with Gasteiger partial charge >= 0.3 is 0 Å². The number of ether oxygens (including phenoxy) is 2. The van der Waals surface area contributed by atoms with E-state index in [2.05, 4.69) is 16.7 Å². The second kappa shape index (κ2) is 12.5. The van der Waals surface area contributed by atoms with E-state index in [1.807, 2.05) is 12.1 Å². The lowest BCUT2D eigenvalue weighted by Gasteiger charge is -2.26. The second-order valence-electron chi connectivity index (χ2n) is 7.92. The summed E-state index contributed by atoms with van der Waals surface area (Å²) in [5, 5.41) is 10.5. The minimum Gasteiger partial charge on any atom is -0.481 e. The van der Waals surface area contributed by atoms with Crippen LogP contribution in [0.1, 0.15) is 24.1 Å². The number of nitrogens with zero attached hydrogens (tertiary/aromatic N) is 2. The van der Waals surface area contributed by atoms with E-state index < -0.39 is 21.6 Å². The van der Waals surface area contributed by atoms with E-state index >= 15 is 0 Å². The molecule has 1 N–H and O–H groups in total. The summed E-state index contributed by atoms with van der Waals surface area (Å²) in [4.78, 5) is 13.7. The van der Waals surface area contributed by atoms with Gasteiger partial charge in [-0.2, -0.15) is 0 Å². The van der Waals surface area contributed by atoms with Crippen molar-refractivity contribution in [3.63, 3.8) is 0 Å². The van der Waals surface area contributed by atoms with Crippen LogP contribution in [0.3, 0.4) is 0 Å². The summed E-state index contributed by atoms with van der Waals surface area (Å²) in [5.74, 6) is 5.53. The zero-order valence-corrected chi connectivity index (χ0v) is 20.0. The first-order valence-corrected chi connectivity index (χ1v) is 12.7. The Kier molecular flexibility index (Phi) is 9.48. The number of amides is 1. The van der Waals surface area contributed by atoms with Gasteiger partial charge in [0.1, 0.15) is 12.4 Å². The first kappa shape index (κ1) is 25.7. The maximum Gasteiger partial charge on any atom is 0.233 e. The number of carbonyl (C=O) groups excluding carboxylic acids is 1. The van der Waals surface area contributed by atoms with E-state index in [-0.39, 0.29) is 17.9 Å². The zero-order chi connectivity index (χ0) is 24.4. The van der Waals surface area contributed by atoms with Gasteiger partial charge in [0.15, 0.2) is 9.84 Å². The average molecular weight is 487 g/mol. The molecule has 1 amide bonds. The number of carbonyl (C=O) groups is 1. The molecule has 1 aliphatic rings. The third-order valence-electron chi connectivity index (χ3n) is 5.66. The number of morpholine rings is 1. The van der Waals surface area contributed by atoms with Gasteiger partial charge in [0.05, 0.1) is 29.9 Å². The number of hydrogen-bond donors (Lipinski definition) is 1. The van der Waals surface area contributed by atoms with Crippen LogP contribution >= 0.6 is 0 Å². The smallest absolute Gasteiger partial charge is 0.233 e. The molecule has 0 spiro atoms. The van der Waals surface area contributed by atoms with Gasteiger partial charge in [-0.1, -0.05) is 30.2 Å². The van der Waals surface area contributed by atoms with Crippen molar-refractivity contribution < 1.29 is 27.9 Å². The molecular formula is C25H30N2O6S. The Bertz CT molecular complexity index is 1080. The minimum atomic E-state index is -3.80. The topological polar surface area (TPSA) is 96.4 Å². The highest BCUT2D eigenvalue weighted by atomic mass is 32.2. The maximum absolute atomic E-state index is 13.0. The summed E-state index contributed by atoms with van der Waals surface area (Å²) in [6.45, 7) is 6.15. The van der Waals surface area contributed by atoms with Crippen molar-refractivity contribution >= 4 is 16.2 Å². The monoisotopic (exact) mass is 486 g/mol. The summed E-state index contributed by atoms with van der Waals surface area (Å²) < 4.78 is 36.8. The highest BCUT2D eigenvalue weighted by molar-refractivity contribution is 7.91. The quantitative estimate of drug-likeness (QED) is 0.225. The van der Waals surface area contributed by atoms with Crippen LogP contribution in [0.15, 0.2) is 53.4 Å². The summed E-state index contributed by atoms with van der Waals surface area (Å²) in [6.07, 6.45) is 1.07. The van der Waals surface area contributed by atoms with Gasteiger partial charge in [-0.25, -0.2) is 13.5 Å². The Morgan fingerprint density at radius 1 is 1.15 bits per heavy atom. The van der Waals surface area contributed by atoms with Crippen LogP contribution in [0, 0.1) is 11.8 Å². The molecule has 0 radical (unpaired) electrons. The molecule has 2 aromatic carbocycles. The first-order valence-electron chi connectivity index (χ1n) is 11.1. The van der Waals surface area contributed by atoms with Crippen LogP contribution in [0.25, 0.3) is 0 Å². The van der Waals surface area contributed by atoms with Crippen LogP contribution < -0.4 is 4.74 Å². The SMILES string of the molecule is CC#CCOc1ccc(S(=O)(=O)CC(c2ccc(CCN3CCOCC3)cc2)N(O)C=O)cc1. The van der Waals surface area contributed by atoms with E-state index in [0.717, 1.165) is 44.8 Å². The van der Waals surface area contributed by atoms with Gasteiger partial charge in [-0.3, -0.25) is 14.9 Å². The first-order chi connectivity index (χ1) is 16.4. The highest BCUT2D eigenvalue weighted by Gasteiger charge is 2.27. The molecule has 0 saturated carbocycles. The Morgan fingerprint density at radius 2 is 1.82 bits per heavy atom. The molecule has 1 saturated heterocycles. The van der Waals surface area contributed by atoms with Crippen LogP contribution in [0.4, 0.5) is 0 Å². The molecule has 1 unspecified atom stereocenters. The standard InChI is InChI=1S/C25H30N2O6S/c1-2-3-16-33-23-8-10-24(11-9-23)34(30,31)19-25(27(29)20-28)22-6-4-21(5-7-22)12-13-26-14-17-32-18-15-26/h4-11,20,25,29H,12-19H2,1H3. The van der Waals surface area contributed by atoms with Crippen molar-refractivity contribution in [3.05, 3.63) is 59.7 Å². The molecule has 1 heterocycles. The Labute approximate surface area is 201 Å². The molecule has 1 fully saturated rings. The zero-order valence-electron chi connectivity index (χ0n) is 19.2. The predicted molar refractivity (Wildman–Crippen MR) is 127 cm³/mol. The van der Waals surface area contributed by atoms with Crippen molar-refractivity contribution in [1.29, 1.82) is 0 Å². The lowest BCUT2D eigenvalue weighted by atomic mass is 10.0. The maximum atomic E-state index is 13.0. The number of benzene rings is 2. The third kappa shape index (κ3) is 7.30. The third-order valence-corrected chi connectivity index (χ3v) is 7.41. The van der Waals surface area contributed by atoms with Crippen LogP contribution in [0.2, 0.25) is 0 Å². The van der Waals surface area contributed by atoms with E-state index in [4.69, 9.17) is 9.47 Å². The van der Waals surface area contributed by atoms with E-state index in [9.17, 15) is 18.4 Å². The largest absolute Gasteiger partial charge is 0.481 e. The fourth-order valence-electron chi connectivity index (χ4n) is 3.66. The minimum absolute atomic E-state index is 0.0767. The van der Waals surface area contributed by atoms with Crippen molar-refractivity contribution in [2.45, 2.75) is 24.3 Å². The fraction of sp³-hybridized carbons (Fsp3) is 0.400. The van der Waals surface area contributed by atoms with E-state index in [1.54, 1.807) is 31.2 Å². The number of sulfone groups is 1. The van der Waals surface area contributed by atoms with Gasteiger partial charge in [-0.05, 0) is 48.7 Å². The van der Waals surface area contributed by atoms with Crippen molar-refractivity contribution in [3.8, 4) is 17.6 Å². The van der Waals surface area contributed by atoms with Gasteiger partial charge in [-0.15, -0.1) is 5.92 Å². The van der Waals surface area contributed by atoms with Gasteiger partial charge in [0.25, 0.3) is 0 Å². The molecule has 34 heavy (non-hydrogen) atoms. The van der Waals surface area contributed by atoms with Crippen molar-refractivity contribution in [2.75, 3.05) is 45.2 Å². The molecule has 2 aromatic rings. The molecule has 8 nitrogen and oxygen atoms in total. The second-order valence-corrected chi connectivity index (χ2v) is 9.95. The predicted octanol–water partition coefficient (Wildman–Crippen LogP) is 2.33. The van der Waals surface area contributed by atoms with Gasteiger partial charge in [0.2, 0.25) is 6.41 Å². The molecule has 1 atom stereocenters. The average Bonchev–Trinajstić information content (AvgIpc) is 2.87. The molecule has 0 aliphatic carbocycles. The summed E-state index contributed by atoms with van der Waals surface area (Å²) in [7, 11) is -3.80. The lowest BCUT2D eigenvalue weighted by molar-refractivity contribution is -0.158. The van der Waals surface area contributed by atoms with Gasteiger partial charge < -0.3 is 9.47 Å². The summed E-state index contributed by atoms with van der Waals surface area (Å²) in [5.41, 5.74) is 1.63. The molecule has 0 aromatic heterocycles. The molecule has 0 bridgehead atoms. The normalized spacial score (nSPS) is 15.1. The van der Waals surface area contributed by atoms with E-state index in [0.29, 0.717) is 16.4 Å². The summed E-state index contributed by atoms with van der Waals surface area (Å²) >= 11 is 0. The van der Waals surface area contributed by atoms with E-state index in [1.165, 1.54) is 12.1 Å². The lowest BCUT2D eigenvalue weighted by Crippen LogP contribution is -2.37.